The Morgan fingerprint density at radius 2 is 1.93 bits per heavy atom. The van der Waals surface area contributed by atoms with Crippen LogP contribution < -0.4 is 14.8 Å². The minimum atomic E-state index is -0.158. The molecule has 8 heteroatoms. The largest absolute Gasteiger partial charge is 0.497 e. The Bertz CT molecular complexity index is 941. The molecule has 1 aromatic heterocycles. The summed E-state index contributed by atoms with van der Waals surface area (Å²) in [6.45, 7) is 2.02. The average molecular weight is 399 g/mol. The molecule has 0 saturated heterocycles. The quantitative estimate of drug-likeness (QED) is 0.614. The van der Waals surface area contributed by atoms with Crippen LogP contribution in [0.5, 0.6) is 11.5 Å². The summed E-state index contributed by atoms with van der Waals surface area (Å²) in [6, 6.07) is 13.1. The molecule has 0 aliphatic heterocycles. The number of rotatable bonds is 8. The van der Waals surface area contributed by atoms with Crippen LogP contribution in [0.3, 0.4) is 0 Å². The highest BCUT2D eigenvalue weighted by atomic mass is 32.2. The number of carbonyl (C=O) groups is 1. The van der Waals surface area contributed by atoms with Gasteiger partial charge in [-0.05, 0) is 19.1 Å². The van der Waals surface area contributed by atoms with Crippen molar-refractivity contribution >= 4 is 23.4 Å². The number of carbonyl (C=O) groups excluding carboxylic acids is 1. The van der Waals surface area contributed by atoms with Gasteiger partial charge in [0, 0.05) is 11.6 Å². The maximum atomic E-state index is 12.2. The van der Waals surface area contributed by atoms with Gasteiger partial charge in [0.05, 0.1) is 31.4 Å². The van der Waals surface area contributed by atoms with Gasteiger partial charge in [-0.1, -0.05) is 35.0 Å². The van der Waals surface area contributed by atoms with Gasteiger partial charge in [0.15, 0.2) is 0 Å². The van der Waals surface area contributed by atoms with Gasteiger partial charge in [-0.2, -0.15) is 4.98 Å². The van der Waals surface area contributed by atoms with Crippen LogP contribution in [-0.2, 0) is 10.5 Å². The van der Waals surface area contributed by atoms with Crippen molar-refractivity contribution in [1.29, 1.82) is 0 Å². The molecule has 3 aromatic rings. The van der Waals surface area contributed by atoms with Crippen molar-refractivity contribution in [3.05, 3.63) is 53.9 Å². The molecule has 1 amide bonds. The van der Waals surface area contributed by atoms with E-state index in [4.69, 9.17) is 14.0 Å². The molecule has 3 rings (SSSR count). The van der Waals surface area contributed by atoms with Gasteiger partial charge in [-0.15, -0.1) is 11.8 Å². The zero-order valence-corrected chi connectivity index (χ0v) is 16.7. The van der Waals surface area contributed by atoms with E-state index in [2.05, 4.69) is 15.5 Å². The second-order valence-electron chi connectivity index (χ2n) is 5.98. The Morgan fingerprint density at radius 3 is 2.64 bits per heavy atom. The number of thioether (sulfide) groups is 1. The van der Waals surface area contributed by atoms with E-state index in [0.29, 0.717) is 34.7 Å². The van der Waals surface area contributed by atoms with E-state index in [9.17, 15) is 4.79 Å². The van der Waals surface area contributed by atoms with Gasteiger partial charge < -0.3 is 19.3 Å². The molecule has 0 aliphatic carbocycles. The van der Waals surface area contributed by atoms with Crippen LogP contribution in [0.15, 0.2) is 47.0 Å². The smallest absolute Gasteiger partial charge is 0.236 e. The Kier molecular flexibility index (Phi) is 6.54. The summed E-state index contributed by atoms with van der Waals surface area (Å²) in [7, 11) is 3.12. The first-order valence-corrected chi connectivity index (χ1v) is 9.73. The SMILES string of the molecule is COc1ccc(OC)c(NC(=O)CSCc2nc(-c3ccc(C)cc3)no2)c1. The molecule has 0 bridgehead atoms. The van der Waals surface area contributed by atoms with Crippen LogP contribution in [-0.4, -0.2) is 36.0 Å². The fourth-order valence-corrected chi connectivity index (χ4v) is 3.11. The van der Waals surface area contributed by atoms with Crippen LogP contribution >= 0.6 is 11.8 Å². The lowest BCUT2D eigenvalue weighted by Gasteiger charge is -2.11. The third-order valence-corrected chi connectivity index (χ3v) is 4.83. The monoisotopic (exact) mass is 399 g/mol. The van der Waals surface area contributed by atoms with E-state index in [1.54, 1.807) is 32.4 Å². The molecular weight excluding hydrogens is 378 g/mol. The van der Waals surface area contributed by atoms with Gasteiger partial charge in [0.25, 0.3) is 0 Å². The number of aryl methyl sites for hydroxylation is 1. The molecule has 2 aromatic carbocycles. The molecule has 0 radical (unpaired) electrons. The zero-order valence-electron chi connectivity index (χ0n) is 15.9. The molecule has 146 valence electrons. The number of amides is 1. The summed E-state index contributed by atoms with van der Waals surface area (Å²) in [6.07, 6.45) is 0. The Balaban J connectivity index is 1.53. The number of anilines is 1. The lowest BCUT2D eigenvalue weighted by atomic mass is 10.1. The summed E-state index contributed by atoms with van der Waals surface area (Å²) in [5.74, 6) is 2.75. The van der Waals surface area contributed by atoms with Crippen molar-refractivity contribution in [2.75, 3.05) is 25.3 Å². The van der Waals surface area contributed by atoms with E-state index in [-0.39, 0.29) is 11.7 Å². The minimum absolute atomic E-state index is 0.158. The Labute approximate surface area is 167 Å². The summed E-state index contributed by atoms with van der Waals surface area (Å²) < 4.78 is 15.7. The minimum Gasteiger partial charge on any atom is -0.497 e. The topological polar surface area (TPSA) is 86.5 Å². The van der Waals surface area contributed by atoms with Crippen LogP contribution in [0.2, 0.25) is 0 Å². The molecule has 1 heterocycles. The molecule has 1 N–H and O–H groups in total. The number of aromatic nitrogens is 2. The summed E-state index contributed by atoms with van der Waals surface area (Å²) in [5.41, 5.74) is 2.63. The van der Waals surface area contributed by atoms with Crippen molar-refractivity contribution in [3.63, 3.8) is 0 Å². The number of nitrogens with one attached hydrogen (secondary N) is 1. The van der Waals surface area contributed by atoms with Crippen molar-refractivity contribution in [3.8, 4) is 22.9 Å². The normalized spacial score (nSPS) is 10.5. The maximum Gasteiger partial charge on any atom is 0.236 e. The summed E-state index contributed by atoms with van der Waals surface area (Å²) >= 11 is 1.39. The first-order valence-electron chi connectivity index (χ1n) is 8.58. The second-order valence-corrected chi connectivity index (χ2v) is 6.97. The molecule has 0 unspecified atom stereocenters. The number of ether oxygens (including phenoxy) is 2. The number of benzene rings is 2. The van der Waals surface area contributed by atoms with Crippen molar-refractivity contribution in [2.45, 2.75) is 12.7 Å². The van der Waals surface area contributed by atoms with Crippen LogP contribution in [0.4, 0.5) is 5.69 Å². The van der Waals surface area contributed by atoms with Gasteiger partial charge in [0.2, 0.25) is 17.6 Å². The Hall–Kier alpha value is -3.00. The fraction of sp³-hybridized carbons (Fsp3) is 0.250. The second kappa shape index (κ2) is 9.27. The highest BCUT2D eigenvalue weighted by Gasteiger charge is 2.12. The first-order chi connectivity index (χ1) is 13.6. The lowest BCUT2D eigenvalue weighted by molar-refractivity contribution is -0.113. The predicted molar refractivity (Wildman–Crippen MR) is 109 cm³/mol. The zero-order chi connectivity index (χ0) is 19.9. The summed E-state index contributed by atoms with van der Waals surface area (Å²) in [5, 5.41) is 6.82. The third-order valence-electron chi connectivity index (χ3n) is 3.92. The van der Waals surface area contributed by atoms with E-state index in [1.165, 1.54) is 17.3 Å². The molecule has 0 saturated carbocycles. The van der Waals surface area contributed by atoms with Crippen LogP contribution in [0.1, 0.15) is 11.5 Å². The predicted octanol–water partition coefficient (Wildman–Crippen LogP) is 3.93. The van der Waals surface area contributed by atoms with Gasteiger partial charge in [-0.3, -0.25) is 4.79 Å². The van der Waals surface area contributed by atoms with E-state index in [1.807, 2.05) is 31.2 Å². The Morgan fingerprint density at radius 1 is 1.14 bits per heavy atom. The molecule has 0 spiro atoms. The van der Waals surface area contributed by atoms with Gasteiger partial charge in [0.1, 0.15) is 11.5 Å². The number of nitrogens with zero attached hydrogens (tertiary/aromatic N) is 2. The standard InChI is InChI=1S/C20H21N3O4S/c1-13-4-6-14(7-5-13)20-22-19(27-23-20)12-28-11-18(24)21-16-10-15(25-2)8-9-17(16)26-3/h4-10H,11-12H2,1-3H3,(H,21,24). The number of hydrogen-bond donors (Lipinski definition) is 1. The molecule has 0 aliphatic rings. The highest BCUT2D eigenvalue weighted by molar-refractivity contribution is 7.99. The van der Waals surface area contributed by atoms with Crippen molar-refractivity contribution in [2.24, 2.45) is 0 Å². The van der Waals surface area contributed by atoms with E-state index < -0.39 is 0 Å². The van der Waals surface area contributed by atoms with Crippen LogP contribution in [0, 0.1) is 6.92 Å². The molecular formula is C20H21N3O4S. The molecule has 0 fully saturated rings. The van der Waals surface area contributed by atoms with Crippen molar-refractivity contribution < 1.29 is 18.8 Å². The lowest BCUT2D eigenvalue weighted by Crippen LogP contribution is -2.15. The van der Waals surface area contributed by atoms with Gasteiger partial charge in [-0.25, -0.2) is 0 Å². The highest BCUT2D eigenvalue weighted by Crippen LogP contribution is 2.29. The van der Waals surface area contributed by atoms with Crippen LogP contribution in [0.25, 0.3) is 11.4 Å². The van der Waals surface area contributed by atoms with Gasteiger partial charge >= 0.3 is 0 Å². The molecule has 7 nitrogen and oxygen atoms in total. The molecule has 0 atom stereocenters. The average Bonchev–Trinajstić information content (AvgIpc) is 3.17. The molecule has 28 heavy (non-hydrogen) atoms. The number of hydrogen-bond acceptors (Lipinski definition) is 7. The maximum absolute atomic E-state index is 12.2. The number of methoxy groups -OCH3 is 2. The summed E-state index contributed by atoms with van der Waals surface area (Å²) in [4.78, 5) is 16.6. The fourth-order valence-electron chi connectivity index (χ4n) is 2.46. The third kappa shape index (κ3) is 5.04. The van der Waals surface area contributed by atoms with Crippen molar-refractivity contribution in [1.82, 2.24) is 10.1 Å². The van der Waals surface area contributed by atoms with E-state index in [0.717, 1.165) is 5.56 Å². The van der Waals surface area contributed by atoms with E-state index >= 15 is 0 Å². The first kappa shape index (κ1) is 19.8.